The van der Waals surface area contributed by atoms with Crippen LogP contribution in [0.2, 0.25) is 0 Å². The Kier molecular flexibility index (Phi) is 2.34. The van der Waals surface area contributed by atoms with Crippen LogP contribution in [-0.4, -0.2) is 11.6 Å². The Balaban J connectivity index is 2.22. The van der Waals surface area contributed by atoms with Crippen molar-refractivity contribution in [2.45, 2.75) is 26.7 Å². The zero-order valence-electron chi connectivity index (χ0n) is 10.5. The number of hydrogen-bond donors (Lipinski definition) is 0. The predicted molar refractivity (Wildman–Crippen MR) is 69.9 cm³/mol. The summed E-state index contributed by atoms with van der Waals surface area (Å²) < 4.78 is 0. The van der Waals surface area contributed by atoms with E-state index in [1.807, 2.05) is 32.1 Å². The summed E-state index contributed by atoms with van der Waals surface area (Å²) in [5, 5.41) is 0. The van der Waals surface area contributed by atoms with Crippen molar-refractivity contribution in [3.05, 3.63) is 57.7 Å². The van der Waals surface area contributed by atoms with Gasteiger partial charge < -0.3 is 0 Å². The molecule has 0 N–H and O–H groups in total. The fourth-order valence-corrected chi connectivity index (χ4v) is 2.78. The summed E-state index contributed by atoms with van der Waals surface area (Å²) in [6, 6.07) is 5.49. The zero-order chi connectivity index (χ0) is 12.9. The lowest BCUT2D eigenvalue weighted by atomic mass is 9.77. The monoisotopic (exact) mass is 238 g/mol. The van der Waals surface area contributed by atoms with Gasteiger partial charge in [-0.25, -0.2) is 0 Å². The third kappa shape index (κ3) is 1.42. The largest absolute Gasteiger partial charge is 0.289 e. The summed E-state index contributed by atoms with van der Waals surface area (Å²) in [7, 11) is 0. The molecule has 1 aromatic carbocycles. The topological polar surface area (TPSA) is 34.1 Å². The van der Waals surface area contributed by atoms with Crippen molar-refractivity contribution >= 4 is 11.6 Å². The first kappa shape index (κ1) is 11.1. The number of hydrogen-bond acceptors (Lipinski definition) is 2. The number of Topliss-reactive ketones (excluding diaryl/α,β-unsaturated/α-hetero) is 2. The zero-order valence-corrected chi connectivity index (χ0v) is 10.5. The van der Waals surface area contributed by atoms with Crippen molar-refractivity contribution in [2.75, 3.05) is 0 Å². The van der Waals surface area contributed by atoms with Crippen LogP contribution in [0, 0.1) is 6.92 Å². The molecule has 0 radical (unpaired) electrons. The molecule has 0 spiro atoms. The second-order valence-corrected chi connectivity index (χ2v) is 5.04. The minimum atomic E-state index is 0.0343. The summed E-state index contributed by atoms with van der Waals surface area (Å²) in [5.41, 5.74) is 4.66. The van der Waals surface area contributed by atoms with Gasteiger partial charge in [-0.15, -0.1) is 0 Å². The molecule has 2 nitrogen and oxygen atoms in total. The van der Waals surface area contributed by atoms with E-state index in [0.717, 1.165) is 5.56 Å². The van der Waals surface area contributed by atoms with Crippen molar-refractivity contribution in [1.29, 1.82) is 0 Å². The number of aryl methyl sites for hydroxylation is 1. The molecule has 3 rings (SSSR count). The number of ketones is 2. The smallest absolute Gasteiger partial charge is 0.190 e. The maximum absolute atomic E-state index is 12.5. The van der Waals surface area contributed by atoms with Crippen LogP contribution in [0.1, 0.15) is 46.0 Å². The first-order chi connectivity index (χ1) is 8.59. The van der Waals surface area contributed by atoms with Crippen LogP contribution in [0.3, 0.4) is 0 Å². The molecule has 0 saturated heterocycles. The Bertz CT molecular complexity index is 645. The average Bonchev–Trinajstić information content (AvgIpc) is 2.35. The van der Waals surface area contributed by atoms with Gasteiger partial charge in [0, 0.05) is 22.3 Å². The molecule has 2 aliphatic rings. The van der Waals surface area contributed by atoms with Gasteiger partial charge >= 0.3 is 0 Å². The van der Waals surface area contributed by atoms with Crippen molar-refractivity contribution in [3.8, 4) is 0 Å². The minimum absolute atomic E-state index is 0.0343. The number of carbonyl (C=O) groups excluding carboxylic acids is 2. The fourth-order valence-electron chi connectivity index (χ4n) is 2.78. The quantitative estimate of drug-likeness (QED) is 0.649. The standard InChI is InChI=1S/C16H14O2/c1-9-6-7-11-13(8-9)16(18)14-10(2)4-3-5-12(14)15(11)17/h3-6H,7-8H2,1-2H3. The number of benzene rings is 1. The predicted octanol–water partition coefficient (Wildman–Crippen LogP) is 3.41. The molecular weight excluding hydrogens is 224 g/mol. The highest BCUT2D eigenvalue weighted by Crippen LogP contribution is 2.35. The molecule has 0 aliphatic heterocycles. The molecule has 0 fully saturated rings. The van der Waals surface area contributed by atoms with E-state index in [0.29, 0.717) is 35.1 Å². The van der Waals surface area contributed by atoms with Crippen LogP contribution in [0.4, 0.5) is 0 Å². The lowest BCUT2D eigenvalue weighted by Crippen LogP contribution is -2.24. The van der Waals surface area contributed by atoms with Gasteiger partial charge in [0.05, 0.1) is 0 Å². The molecular formula is C16H14O2. The molecule has 0 amide bonds. The molecule has 0 heterocycles. The Labute approximate surface area is 106 Å². The molecule has 0 bridgehead atoms. The van der Waals surface area contributed by atoms with Crippen molar-refractivity contribution in [1.82, 2.24) is 0 Å². The number of fused-ring (bicyclic) bond motifs is 1. The molecule has 2 aliphatic carbocycles. The highest BCUT2D eigenvalue weighted by molar-refractivity contribution is 6.27. The second-order valence-electron chi connectivity index (χ2n) is 5.04. The van der Waals surface area contributed by atoms with Gasteiger partial charge in [-0.1, -0.05) is 29.8 Å². The van der Waals surface area contributed by atoms with Crippen molar-refractivity contribution in [3.63, 3.8) is 0 Å². The summed E-state index contributed by atoms with van der Waals surface area (Å²) in [6.07, 6.45) is 3.26. The number of carbonyl (C=O) groups is 2. The first-order valence-corrected chi connectivity index (χ1v) is 6.16. The third-order valence-electron chi connectivity index (χ3n) is 3.77. The fraction of sp³-hybridized carbons (Fsp3) is 0.250. The van der Waals surface area contributed by atoms with Gasteiger partial charge in [-0.3, -0.25) is 9.59 Å². The number of allylic oxidation sites excluding steroid dienone is 4. The van der Waals surface area contributed by atoms with Gasteiger partial charge in [0.2, 0.25) is 0 Å². The van der Waals surface area contributed by atoms with Crippen molar-refractivity contribution < 1.29 is 9.59 Å². The molecule has 18 heavy (non-hydrogen) atoms. The maximum atomic E-state index is 12.5. The van der Waals surface area contributed by atoms with E-state index in [1.165, 1.54) is 5.57 Å². The van der Waals surface area contributed by atoms with Crippen molar-refractivity contribution in [2.24, 2.45) is 0 Å². The van der Waals surface area contributed by atoms with Crippen LogP contribution < -0.4 is 0 Å². The Hall–Kier alpha value is -1.96. The third-order valence-corrected chi connectivity index (χ3v) is 3.77. The summed E-state index contributed by atoms with van der Waals surface area (Å²) in [4.78, 5) is 24.9. The van der Waals surface area contributed by atoms with E-state index >= 15 is 0 Å². The first-order valence-electron chi connectivity index (χ1n) is 6.16. The minimum Gasteiger partial charge on any atom is -0.289 e. The maximum Gasteiger partial charge on any atom is 0.190 e. The lowest BCUT2D eigenvalue weighted by Gasteiger charge is -2.24. The van der Waals surface area contributed by atoms with Gasteiger partial charge in [0.25, 0.3) is 0 Å². The van der Waals surface area contributed by atoms with Crippen LogP contribution >= 0.6 is 0 Å². The van der Waals surface area contributed by atoms with Gasteiger partial charge in [-0.05, 0) is 32.3 Å². The molecule has 1 aromatic rings. The summed E-state index contributed by atoms with van der Waals surface area (Å²) in [6.45, 7) is 3.90. The van der Waals surface area contributed by atoms with E-state index in [9.17, 15) is 9.59 Å². The van der Waals surface area contributed by atoms with Crippen LogP contribution in [0.15, 0.2) is 41.0 Å². The van der Waals surface area contributed by atoms with E-state index in [1.54, 1.807) is 6.07 Å². The van der Waals surface area contributed by atoms with Crippen LogP contribution in [0.5, 0.6) is 0 Å². The second kappa shape index (κ2) is 3.77. The Morgan fingerprint density at radius 1 is 1.00 bits per heavy atom. The van der Waals surface area contributed by atoms with E-state index in [4.69, 9.17) is 0 Å². The molecule has 0 unspecified atom stereocenters. The highest BCUT2D eigenvalue weighted by Gasteiger charge is 2.33. The van der Waals surface area contributed by atoms with Gasteiger partial charge in [0.15, 0.2) is 11.6 Å². The molecule has 90 valence electrons. The van der Waals surface area contributed by atoms with E-state index < -0.39 is 0 Å². The Morgan fingerprint density at radius 3 is 2.56 bits per heavy atom. The average molecular weight is 238 g/mol. The Morgan fingerprint density at radius 2 is 1.78 bits per heavy atom. The molecule has 2 heteroatoms. The van der Waals surface area contributed by atoms with Crippen LogP contribution in [-0.2, 0) is 0 Å². The molecule has 0 saturated carbocycles. The van der Waals surface area contributed by atoms with Crippen LogP contribution in [0.25, 0.3) is 0 Å². The van der Waals surface area contributed by atoms with Gasteiger partial charge in [-0.2, -0.15) is 0 Å². The SMILES string of the molecule is CC1=CCC2=C(C1)C(=O)c1c(C)cccc1C2=O. The van der Waals surface area contributed by atoms with E-state index in [-0.39, 0.29) is 11.6 Å². The van der Waals surface area contributed by atoms with E-state index in [2.05, 4.69) is 0 Å². The highest BCUT2D eigenvalue weighted by atomic mass is 16.1. The lowest BCUT2D eigenvalue weighted by molar-refractivity contribution is 0.0969. The van der Waals surface area contributed by atoms with Gasteiger partial charge in [0.1, 0.15) is 0 Å². The number of rotatable bonds is 0. The normalized spacial score (nSPS) is 18.4. The molecule has 0 atom stereocenters. The summed E-state index contributed by atoms with van der Waals surface area (Å²) >= 11 is 0. The summed E-state index contributed by atoms with van der Waals surface area (Å²) in [5.74, 6) is 0.0807. The molecule has 0 aromatic heterocycles.